The number of carbonyl (C=O) groups excluding carboxylic acids is 1. The molecule has 2 unspecified atom stereocenters. The number of hydrogen-bond donors (Lipinski definition) is 2. The summed E-state index contributed by atoms with van der Waals surface area (Å²) in [4.78, 5) is 13.2. The molecular weight excluding hydrogens is 434 g/mol. The predicted molar refractivity (Wildman–Crippen MR) is 102 cm³/mol. The molecular formula is C19H19Br2NO2. The molecule has 0 bridgehead atoms. The van der Waals surface area contributed by atoms with Crippen molar-refractivity contribution in [3.63, 3.8) is 0 Å². The number of piperidine rings is 1. The van der Waals surface area contributed by atoms with E-state index in [2.05, 4.69) is 37.2 Å². The molecule has 2 aromatic rings. The molecule has 126 valence electrons. The molecule has 0 radical (unpaired) electrons. The van der Waals surface area contributed by atoms with Crippen molar-refractivity contribution in [2.45, 2.75) is 11.8 Å². The van der Waals surface area contributed by atoms with Crippen molar-refractivity contribution in [2.24, 2.45) is 5.92 Å². The Morgan fingerprint density at radius 2 is 1.67 bits per heavy atom. The molecule has 0 spiro atoms. The normalized spacial score (nSPS) is 23.9. The van der Waals surface area contributed by atoms with E-state index in [0.29, 0.717) is 12.1 Å². The van der Waals surface area contributed by atoms with Gasteiger partial charge in [0.25, 0.3) is 0 Å². The van der Waals surface area contributed by atoms with Crippen LogP contribution in [0.15, 0.2) is 57.5 Å². The zero-order valence-electron chi connectivity index (χ0n) is 13.1. The van der Waals surface area contributed by atoms with Crippen molar-refractivity contribution >= 4 is 37.6 Å². The number of rotatable bonds is 4. The van der Waals surface area contributed by atoms with Crippen LogP contribution in [0.5, 0.6) is 0 Å². The van der Waals surface area contributed by atoms with E-state index in [0.717, 1.165) is 27.5 Å². The van der Waals surface area contributed by atoms with Crippen LogP contribution in [0.25, 0.3) is 0 Å². The maximum atomic E-state index is 13.2. The van der Waals surface area contributed by atoms with Crippen LogP contribution in [0.1, 0.15) is 22.3 Å². The summed E-state index contributed by atoms with van der Waals surface area (Å²) in [6, 6.07) is 15.4. The average molecular weight is 453 g/mol. The van der Waals surface area contributed by atoms with Crippen molar-refractivity contribution in [1.29, 1.82) is 0 Å². The smallest absolute Gasteiger partial charge is 0.168 e. The zero-order chi connectivity index (χ0) is 17.2. The van der Waals surface area contributed by atoms with Gasteiger partial charge in [0.05, 0.1) is 6.61 Å². The van der Waals surface area contributed by atoms with Gasteiger partial charge in [-0.2, -0.15) is 0 Å². The number of ketones is 1. The van der Waals surface area contributed by atoms with Gasteiger partial charge in [0.1, 0.15) is 0 Å². The topological polar surface area (TPSA) is 49.3 Å². The van der Waals surface area contributed by atoms with Crippen LogP contribution < -0.4 is 5.32 Å². The number of carbonyl (C=O) groups is 1. The maximum absolute atomic E-state index is 13.2. The Morgan fingerprint density at radius 3 is 2.25 bits per heavy atom. The largest absolute Gasteiger partial charge is 0.395 e. The monoisotopic (exact) mass is 451 g/mol. The summed E-state index contributed by atoms with van der Waals surface area (Å²) in [6.07, 6.45) is 0.734. The number of aliphatic hydroxyl groups is 1. The molecule has 0 amide bonds. The minimum absolute atomic E-state index is 0.0384. The highest BCUT2D eigenvalue weighted by atomic mass is 79.9. The van der Waals surface area contributed by atoms with E-state index in [9.17, 15) is 9.90 Å². The number of aliphatic hydroxyl groups excluding tert-OH is 1. The first-order chi connectivity index (χ1) is 11.6. The number of Topliss-reactive ketones (excluding diaryl/α,β-unsaturated/α-hetero) is 1. The molecule has 1 heterocycles. The van der Waals surface area contributed by atoms with Gasteiger partial charge in [-0.25, -0.2) is 0 Å². The predicted octanol–water partition coefficient (Wildman–Crippen LogP) is 3.93. The lowest BCUT2D eigenvalue weighted by atomic mass is 9.64. The highest BCUT2D eigenvalue weighted by molar-refractivity contribution is 9.10. The molecule has 1 fully saturated rings. The van der Waals surface area contributed by atoms with Crippen molar-refractivity contribution in [3.05, 3.63) is 68.6 Å². The van der Waals surface area contributed by atoms with Crippen LogP contribution in [0.3, 0.4) is 0 Å². The highest BCUT2D eigenvalue weighted by Gasteiger charge is 2.45. The van der Waals surface area contributed by atoms with Crippen molar-refractivity contribution in [3.8, 4) is 0 Å². The average Bonchev–Trinajstić information content (AvgIpc) is 2.62. The molecule has 1 aliphatic rings. The van der Waals surface area contributed by atoms with Crippen LogP contribution >= 0.6 is 31.9 Å². The molecule has 0 saturated carbocycles. The summed E-state index contributed by atoms with van der Waals surface area (Å²) in [5.74, 6) is -0.217. The van der Waals surface area contributed by atoms with E-state index in [4.69, 9.17) is 0 Å². The number of hydrogen-bond acceptors (Lipinski definition) is 3. The van der Waals surface area contributed by atoms with Gasteiger partial charge < -0.3 is 10.4 Å². The van der Waals surface area contributed by atoms with E-state index in [1.165, 1.54) is 0 Å². The molecule has 0 aliphatic carbocycles. The second-order valence-electron chi connectivity index (χ2n) is 6.20. The minimum Gasteiger partial charge on any atom is -0.395 e. The van der Waals surface area contributed by atoms with E-state index in [1.807, 2.05) is 48.5 Å². The van der Waals surface area contributed by atoms with E-state index in [-0.39, 0.29) is 18.3 Å². The molecule has 0 aromatic heterocycles. The van der Waals surface area contributed by atoms with Gasteiger partial charge in [-0.15, -0.1) is 0 Å². The van der Waals surface area contributed by atoms with Crippen LogP contribution in [0, 0.1) is 5.92 Å². The summed E-state index contributed by atoms with van der Waals surface area (Å²) in [5.41, 5.74) is 1.16. The van der Waals surface area contributed by atoms with E-state index in [1.54, 1.807) is 0 Å². The lowest BCUT2D eigenvalue weighted by molar-refractivity contribution is 0.0658. The molecule has 2 atom stereocenters. The lowest BCUT2D eigenvalue weighted by Gasteiger charge is -2.43. The van der Waals surface area contributed by atoms with Gasteiger partial charge in [-0.05, 0) is 42.8 Å². The van der Waals surface area contributed by atoms with Gasteiger partial charge in [-0.3, -0.25) is 4.79 Å². The van der Waals surface area contributed by atoms with Gasteiger partial charge >= 0.3 is 0 Å². The van der Waals surface area contributed by atoms with Crippen LogP contribution in [0.4, 0.5) is 0 Å². The van der Waals surface area contributed by atoms with Gasteiger partial charge in [0.15, 0.2) is 5.78 Å². The van der Waals surface area contributed by atoms with Crippen molar-refractivity contribution < 1.29 is 9.90 Å². The SMILES string of the molecule is O=C(c1ccc(Br)cc1)C1CNCCC1(CO)c1ccc(Br)cc1. The molecule has 3 rings (SSSR count). The quantitative estimate of drug-likeness (QED) is 0.691. The first kappa shape index (κ1) is 17.8. The fourth-order valence-corrected chi connectivity index (χ4v) is 4.02. The third-order valence-electron chi connectivity index (χ3n) is 4.91. The number of benzene rings is 2. The van der Waals surface area contributed by atoms with Crippen molar-refractivity contribution in [1.82, 2.24) is 5.32 Å². The Morgan fingerprint density at radius 1 is 1.08 bits per heavy atom. The maximum Gasteiger partial charge on any atom is 0.168 e. The van der Waals surface area contributed by atoms with Gasteiger partial charge in [-0.1, -0.05) is 56.1 Å². The summed E-state index contributed by atoms with van der Waals surface area (Å²) in [5, 5.41) is 13.6. The Balaban J connectivity index is 2.01. The second-order valence-corrected chi connectivity index (χ2v) is 8.03. The summed E-state index contributed by atoms with van der Waals surface area (Å²) >= 11 is 6.85. The lowest BCUT2D eigenvalue weighted by Crippen LogP contribution is -2.53. The number of halogens is 2. The third-order valence-corrected chi connectivity index (χ3v) is 5.97. The first-order valence-corrected chi connectivity index (χ1v) is 9.53. The second kappa shape index (κ2) is 7.48. The first-order valence-electron chi connectivity index (χ1n) is 7.94. The molecule has 2 aromatic carbocycles. The fraction of sp³-hybridized carbons (Fsp3) is 0.316. The van der Waals surface area contributed by atoms with E-state index >= 15 is 0 Å². The van der Waals surface area contributed by atoms with Crippen LogP contribution in [-0.2, 0) is 5.41 Å². The van der Waals surface area contributed by atoms with E-state index < -0.39 is 5.41 Å². The molecule has 3 nitrogen and oxygen atoms in total. The summed E-state index contributed by atoms with van der Waals surface area (Å²) in [7, 11) is 0. The molecule has 1 aliphatic heterocycles. The molecule has 24 heavy (non-hydrogen) atoms. The third kappa shape index (κ3) is 3.36. The van der Waals surface area contributed by atoms with Crippen molar-refractivity contribution in [2.75, 3.05) is 19.7 Å². The minimum atomic E-state index is -0.546. The summed E-state index contributed by atoms with van der Waals surface area (Å²) in [6.45, 7) is 1.33. The Bertz CT molecular complexity index is 715. The van der Waals surface area contributed by atoms with Crippen LogP contribution in [0.2, 0.25) is 0 Å². The fourth-order valence-electron chi connectivity index (χ4n) is 3.49. The van der Waals surface area contributed by atoms with Crippen LogP contribution in [-0.4, -0.2) is 30.6 Å². The zero-order valence-corrected chi connectivity index (χ0v) is 16.3. The highest BCUT2D eigenvalue weighted by Crippen LogP contribution is 2.39. The molecule has 1 saturated heterocycles. The standard InChI is InChI=1S/C19H19Br2NO2/c20-15-5-1-13(2-6-15)18(24)17-11-22-10-9-19(17,12-23)14-3-7-16(21)8-4-14/h1-8,17,22-23H,9-12H2. The Kier molecular flexibility index (Phi) is 5.55. The Labute approximate surface area is 158 Å². The number of nitrogens with one attached hydrogen (secondary N) is 1. The Hall–Kier alpha value is -1.01. The van der Waals surface area contributed by atoms with Gasteiger partial charge in [0, 0.05) is 32.4 Å². The molecule has 2 N–H and O–H groups in total. The summed E-state index contributed by atoms with van der Waals surface area (Å²) < 4.78 is 1.94. The molecule has 5 heteroatoms. The van der Waals surface area contributed by atoms with Gasteiger partial charge in [0.2, 0.25) is 0 Å².